The van der Waals surface area contributed by atoms with E-state index in [2.05, 4.69) is 26.9 Å². The molecule has 2 unspecified atom stereocenters. The van der Waals surface area contributed by atoms with Crippen LogP contribution in [0.3, 0.4) is 0 Å². The summed E-state index contributed by atoms with van der Waals surface area (Å²) in [4.78, 5) is 2.37. The van der Waals surface area contributed by atoms with Crippen LogP contribution in [0.1, 0.15) is 24.8 Å². The van der Waals surface area contributed by atoms with Crippen molar-refractivity contribution < 1.29 is 4.74 Å². The summed E-state index contributed by atoms with van der Waals surface area (Å²) < 4.78 is 6.70. The number of morpholine rings is 1. The van der Waals surface area contributed by atoms with Gasteiger partial charge in [-0.25, -0.2) is 0 Å². The normalized spacial score (nSPS) is 26.8. The Morgan fingerprint density at radius 3 is 3.11 bits per heavy atom. The first-order valence-electron chi connectivity index (χ1n) is 6.38. The molecule has 18 heavy (non-hydrogen) atoms. The van der Waals surface area contributed by atoms with Gasteiger partial charge in [0.2, 0.25) is 0 Å². The molecule has 1 aromatic rings. The first-order valence-corrected chi connectivity index (χ1v) is 7.17. The zero-order valence-corrected chi connectivity index (χ0v) is 11.7. The molecule has 0 N–H and O–H groups in total. The molecular weight excluding hydrogens is 292 g/mol. The summed E-state index contributed by atoms with van der Waals surface area (Å²) in [5, 5.41) is 9.33. The molecule has 2 aliphatic rings. The summed E-state index contributed by atoms with van der Waals surface area (Å²) >= 11 is 3.47. The van der Waals surface area contributed by atoms with Gasteiger partial charge in [-0.3, -0.25) is 0 Å². The minimum Gasteiger partial charge on any atom is -0.374 e. The summed E-state index contributed by atoms with van der Waals surface area (Å²) in [5.74, 6) is 0. The third kappa shape index (κ3) is 1.92. The molecular formula is C14H15BrN2O. The number of halogens is 1. The second-order valence-electron chi connectivity index (χ2n) is 4.85. The molecule has 0 amide bonds. The summed E-state index contributed by atoms with van der Waals surface area (Å²) in [6.07, 6.45) is 3.89. The minimum absolute atomic E-state index is 0.351. The Hall–Kier alpha value is -1.05. The molecule has 3 rings (SSSR count). The molecule has 1 saturated carbocycles. The van der Waals surface area contributed by atoms with Crippen LogP contribution in [0.5, 0.6) is 0 Å². The smallest absolute Gasteiger partial charge is 0.103 e. The number of benzene rings is 1. The molecule has 3 nitrogen and oxygen atoms in total. The third-order valence-electron chi connectivity index (χ3n) is 3.89. The summed E-state index contributed by atoms with van der Waals surface area (Å²) in [6, 6.07) is 8.73. The van der Waals surface area contributed by atoms with Crippen LogP contribution in [0, 0.1) is 11.3 Å². The van der Waals surface area contributed by atoms with E-state index in [0.717, 1.165) is 35.3 Å². The highest BCUT2D eigenvalue weighted by Gasteiger charge is 2.36. The third-order valence-corrected chi connectivity index (χ3v) is 4.56. The number of hydrogen-bond acceptors (Lipinski definition) is 3. The lowest BCUT2D eigenvalue weighted by atomic mass is 10.1. The van der Waals surface area contributed by atoms with Crippen LogP contribution in [0.25, 0.3) is 0 Å². The molecule has 4 heteroatoms. The van der Waals surface area contributed by atoms with Crippen LogP contribution in [0.15, 0.2) is 22.7 Å². The Morgan fingerprint density at radius 2 is 2.28 bits per heavy atom. The van der Waals surface area contributed by atoms with Gasteiger partial charge in [0.25, 0.3) is 0 Å². The monoisotopic (exact) mass is 306 g/mol. The molecule has 0 spiro atoms. The van der Waals surface area contributed by atoms with Gasteiger partial charge in [-0.15, -0.1) is 0 Å². The topological polar surface area (TPSA) is 36.3 Å². The van der Waals surface area contributed by atoms with E-state index in [1.165, 1.54) is 12.8 Å². The van der Waals surface area contributed by atoms with Crippen molar-refractivity contribution in [3.63, 3.8) is 0 Å². The molecule has 2 atom stereocenters. The highest BCUT2D eigenvalue weighted by Crippen LogP contribution is 2.36. The summed E-state index contributed by atoms with van der Waals surface area (Å²) in [6.45, 7) is 1.64. The van der Waals surface area contributed by atoms with Crippen LogP contribution in [0.4, 0.5) is 5.69 Å². The number of anilines is 1. The van der Waals surface area contributed by atoms with Crippen LogP contribution < -0.4 is 4.90 Å². The number of nitriles is 1. The zero-order valence-electron chi connectivity index (χ0n) is 10.1. The first-order chi connectivity index (χ1) is 8.81. The van der Waals surface area contributed by atoms with Gasteiger partial charge in [0, 0.05) is 11.0 Å². The van der Waals surface area contributed by atoms with Crippen LogP contribution in [0.2, 0.25) is 0 Å². The van der Waals surface area contributed by atoms with Gasteiger partial charge in [0.05, 0.1) is 30.0 Å². The van der Waals surface area contributed by atoms with E-state index in [1.54, 1.807) is 0 Å². The van der Waals surface area contributed by atoms with Crippen LogP contribution in [-0.4, -0.2) is 25.3 Å². The van der Waals surface area contributed by atoms with Crippen molar-refractivity contribution in [3.8, 4) is 6.07 Å². The van der Waals surface area contributed by atoms with E-state index in [4.69, 9.17) is 4.74 Å². The van der Waals surface area contributed by atoms with E-state index >= 15 is 0 Å². The SMILES string of the molecule is N#Cc1c(Br)cccc1N1CCOC2CCCC21. The lowest BCUT2D eigenvalue weighted by molar-refractivity contribution is 0.0256. The van der Waals surface area contributed by atoms with Gasteiger partial charge in [0.1, 0.15) is 6.07 Å². The van der Waals surface area contributed by atoms with E-state index in [0.29, 0.717) is 12.1 Å². The Labute approximate surface area is 115 Å². The molecule has 0 radical (unpaired) electrons. The fourth-order valence-electron chi connectivity index (χ4n) is 3.09. The molecule has 1 heterocycles. The van der Waals surface area contributed by atoms with Gasteiger partial charge in [-0.05, 0) is 47.3 Å². The summed E-state index contributed by atoms with van der Waals surface area (Å²) in [5.41, 5.74) is 1.79. The molecule has 0 bridgehead atoms. The molecule has 1 aromatic carbocycles. The number of hydrogen-bond donors (Lipinski definition) is 0. The Kier molecular flexibility index (Phi) is 3.27. The minimum atomic E-state index is 0.351. The predicted molar refractivity (Wildman–Crippen MR) is 73.6 cm³/mol. The maximum absolute atomic E-state index is 9.33. The van der Waals surface area contributed by atoms with Crippen molar-refractivity contribution >= 4 is 21.6 Å². The van der Waals surface area contributed by atoms with Crippen molar-refractivity contribution in [3.05, 3.63) is 28.2 Å². The van der Waals surface area contributed by atoms with Crippen LogP contribution in [-0.2, 0) is 4.74 Å². The van der Waals surface area contributed by atoms with Gasteiger partial charge < -0.3 is 9.64 Å². The van der Waals surface area contributed by atoms with E-state index < -0.39 is 0 Å². The lowest BCUT2D eigenvalue weighted by Gasteiger charge is -2.39. The average Bonchev–Trinajstić information content (AvgIpc) is 2.86. The molecule has 1 saturated heterocycles. The largest absolute Gasteiger partial charge is 0.374 e. The predicted octanol–water partition coefficient (Wildman–Crippen LogP) is 3.08. The first kappa shape index (κ1) is 12.0. The van der Waals surface area contributed by atoms with Crippen LogP contribution >= 0.6 is 15.9 Å². The highest BCUT2D eigenvalue weighted by molar-refractivity contribution is 9.10. The van der Waals surface area contributed by atoms with Gasteiger partial charge in [0.15, 0.2) is 0 Å². The molecule has 0 aromatic heterocycles. The zero-order chi connectivity index (χ0) is 12.5. The number of rotatable bonds is 1. The second-order valence-corrected chi connectivity index (χ2v) is 5.70. The Balaban J connectivity index is 1.99. The van der Waals surface area contributed by atoms with Crippen molar-refractivity contribution in [1.29, 1.82) is 5.26 Å². The fourth-order valence-corrected chi connectivity index (χ4v) is 3.53. The molecule has 2 fully saturated rings. The van der Waals surface area contributed by atoms with Gasteiger partial charge >= 0.3 is 0 Å². The Morgan fingerprint density at radius 1 is 1.39 bits per heavy atom. The van der Waals surface area contributed by atoms with Crippen molar-refractivity contribution in [2.45, 2.75) is 31.4 Å². The average molecular weight is 307 g/mol. The van der Waals surface area contributed by atoms with Gasteiger partial charge in [-0.1, -0.05) is 6.07 Å². The number of ether oxygens (including phenoxy) is 1. The van der Waals surface area contributed by atoms with Crippen molar-refractivity contribution in [2.75, 3.05) is 18.1 Å². The fraction of sp³-hybridized carbons (Fsp3) is 0.500. The van der Waals surface area contributed by atoms with Crippen molar-refractivity contribution in [1.82, 2.24) is 0 Å². The number of fused-ring (bicyclic) bond motifs is 1. The standard InChI is InChI=1S/C14H15BrN2O/c15-11-3-1-4-12(10(11)9-16)17-7-8-18-14-6-2-5-13(14)17/h1,3-4,13-14H,2,5-8H2. The Bertz CT molecular complexity index is 497. The van der Waals surface area contributed by atoms with E-state index in [1.807, 2.05) is 18.2 Å². The quantitative estimate of drug-likeness (QED) is 0.800. The maximum atomic E-state index is 9.33. The second kappa shape index (κ2) is 4.91. The van der Waals surface area contributed by atoms with E-state index in [9.17, 15) is 5.26 Å². The highest BCUT2D eigenvalue weighted by atomic mass is 79.9. The van der Waals surface area contributed by atoms with Crippen molar-refractivity contribution in [2.24, 2.45) is 0 Å². The molecule has 1 aliphatic heterocycles. The molecule has 1 aliphatic carbocycles. The summed E-state index contributed by atoms with van der Waals surface area (Å²) in [7, 11) is 0. The molecule has 94 valence electrons. The lowest BCUT2D eigenvalue weighted by Crippen LogP contribution is -2.49. The van der Waals surface area contributed by atoms with Gasteiger partial charge in [-0.2, -0.15) is 5.26 Å². The van der Waals surface area contributed by atoms with E-state index in [-0.39, 0.29) is 0 Å². The maximum Gasteiger partial charge on any atom is 0.103 e. The number of nitrogens with zero attached hydrogens (tertiary/aromatic N) is 2.